The van der Waals surface area contributed by atoms with Gasteiger partial charge in [-0.3, -0.25) is 9.59 Å². The van der Waals surface area contributed by atoms with Crippen molar-refractivity contribution in [2.24, 2.45) is 5.92 Å². The van der Waals surface area contributed by atoms with Crippen molar-refractivity contribution in [3.05, 3.63) is 42.0 Å². The molecule has 1 fully saturated rings. The smallest absolute Gasteiger partial charge is 0.224 e. The number of nitrogens with one attached hydrogen (secondary N) is 2. The van der Waals surface area contributed by atoms with Crippen molar-refractivity contribution in [3.8, 4) is 5.75 Å². The Labute approximate surface area is 146 Å². The van der Waals surface area contributed by atoms with Crippen LogP contribution in [0.25, 0.3) is 10.8 Å². The Morgan fingerprint density at radius 3 is 2.92 bits per heavy atom. The minimum atomic E-state index is -0.234. The van der Waals surface area contributed by atoms with Crippen LogP contribution in [0, 0.1) is 5.92 Å². The van der Waals surface area contributed by atoms with Crippen LogP contribution in [0.3, 0.4) is 0 Å². The summed E-state index contributed by atoms with van der Waals surface area (Å²) < 4.78 is 6.02. The van der Waals surface area contributed by atoms with Crippen LogP contribution < -0.4 is 15.4 Å². The normalized spacial score (nSPS) is 23.1. The fourth-order valence-electron chi connectivity index (χ4n) is 3.76. The van der Waals surface area contributed by atoms with Crippen LogP contribution in [0.15, 0.2) is 36.4 Å². The van der Waals surface area contributed by atoms with E-state index in [1.54, 1.807) is 0 Å². The maximum atomic E-state index is 12.7. The second kappa shape index (κ2) is 6.75. The van der Waals surface area contributed by atoms with Gasteiger partial charge in [0.05, 0.1) is 12.6 Å². The zero-order valence-electron chi connectivity index (χ0n) is 14.1. The minimum Gasteiger partial charge on any atom is -0.493 e. The fraction of sp³-hybridized carbons (Fsp3) is 0.400. The first-order valence-electron chi connectivity index (χ1n) is 8.94. The first-order valence-corrected chi connectivity index (χ1v) is 8.94. The summed E-state index contributed by atoms with van der Waals surface area (Å²) in [6, 6.07) is 12.2. The van der Waals surface area contributed by atoms with Crippen molar-refractivity contribution < 1.29 is 14.3 Å². The molecule has 5 nitrogen and oxygen atoms in total. The molecule has 2 aliphatic rings. The zero-order chi connectivity index (χ0) is 17.2. The van der Waals surface area contributed by atoms with Crippen LogP contribution >= 0.6 is 0 Å². The Hall–Kier alpha value is -2.56. The summed E-state index contributed by atoms with van der Waals surface area (Å²) in [7, 11) is 0. The minimum absolute atomic E-state index is 0.0270. The van der Waals surface area contributed by atoms with Gasteiger partial charge in [-0.2, -0.15) is 0 Å². The first kappa shape index (κ1) is 15.9. The molecule has 0 bridgehead atoms. The maximum absolute atomic E-state index is 12.7. The molecule has 4 rings (SSSR count). The molecule has 0 unspecified atom stereocenters. The number of carbonyl (C=O) groups excluding carboxylic acids is 2. The molecule has 2 aromatic rings. The summed E-state index contributed by atoms with van der Waals surface area (Å²) >= 11 is 0. The number of hydrogen-bond donors (Lipinski definition) is 2. The van der Waals surface area contributed by atoms with Crippen LogP contribution in [-0.2, 0) is 9.59 Å². The highest BCUT2D eigenvalue weighted by atomic mass is 16.5. The molecule has 130 valence electrons. The Kier molecular flexibility index (Phi) is 4.30. The molecule has 2 aromatic carbocycles. The number of fused-ring (bicyclic) bond motifs is 3. The standard InChI is InChI=1S/C20H22N2O3/c23-18-12-14(9-10-21-18)20(24)22-17-6-3-11-25-19-15-5-2-1-4-13(15)7-8-16(17)19/h1-2,4-5,7-8,14,17H,3,6,9-12H2,(H,21,23)(H,22,24)/t14-,17+/m1/s1. The molecule has 0 spiro atoms. The molecule has 2 aliphatic heterocycles. The van der Waals surface area contributed by atoms with Crippen molar-refractivity contribution in [2.75, 3.05) is 13.2 Å². The van der Waals surface area contributed by atoms with Crippen LogP contribution in [0.4, 0.5) is 0 Å². The predicted octanol–water partition coefficient (Wildman–Crippen LogP) is 2.70. The number of ether oxygens (including phenoxy) is 1. The molecule has 2 atom stereocenters. The van der Waals surface area contributed by atoms with E-state index in [9.17, 15) is 9.59 Å². The van der Waals surface area contributed by atoms with Crippen molar-refractivity contribution in [2.45, 2.75) is 31.7 Å². The molecule has 0 aromatic heterocycles. The van der Waals surface area contributed by atoms with Crippen LogP contribution in [-0.4, -0.2) is 25.0 Å². The summed E-state index contributed by atoms with van der Waals surface area (Å²) in [5.74, 6) is 0.576. The third-order valence-corrected chi connectivity index (χ3v) is 5.10. The van der Waals surface area contributed by atoms with Gasteiger partial charge in [-0.05, 0) is 24.6 Å². The zero-order valence-corrected chi connectivity index (χ0v) is 14.1. The van der Waals surface area contributed by atoms with Gasteiger partial charge in [0.15, 0.2) is 0 Å². The summed E-state index contributed by atoms with van der Waals surface area (Å²) in [5, 5.41) is 8.17. The van der Waals surface area contributed by atoms with Crippen molar-refractivity contribution in [3.63, 3.8) is 0 Å². The van der Waals surface area contributed by atoms with E-state index in [0.717, 1.165) is 34.9 Å². The number of amides is 2. The second-order valence-electron chi connectivity index (χ2n) is 6.80. The number of rotatable bonds is 2. The van der Waals surface area contributed by atoms with Gasteiger partial charge in [0, 0.05) is 29.8 Å². The Bertz CT molecular complexity index is 818. The van der Waals surface area contributed by atoms with Crippen molar-refractivity contribution in [1.82, 2.24) is 10.6 Å². The molecule has 25 heavy (non-hydrogen) atoms. The molecule has 2 heterocycles. The van der Waals surface area contributed by atoms with E-state index in [-0.39, 0.29) is 30.2 Å². The highest BCUT2D eigenvalue weighted by molar-refractivity contribution is 5.90. The van der Waals surface area contributed by atoms with Gasteiger partial charge in [-0.15, -0.1) is 0 Å². The van der Waals surface area contributed by atoms with Gasteiger partial charge in [-0.1, -0.05) is 36.4 Å². The van der Waals surface area contributed by atoms with E-state index in [1.165, 1.54) is 0 Å². The summed E-state index contributed by atoms with van der Waals surface area (Å²) in [4.78, 5) is 24.2. The Morgan fingerprint density at radius 2 is 2.04 bits per heavy atom. The molecule has 2 amide bonds. The summed E-state index contributed by atoms with van der Waals surface area (Å²) in [6.07, 6.45) is 2.71. The van der Waals surface area contributed by atoms with E-state index in [2.05, 4.69) is 34.9 Å². The molecular weight excluding hydrogens is 316 g/mol. The van der Waals surface area contributed by atoms with Gasteiger partial charge < -0.3 is 15.4 Å². The summed E-state index contributed by atoms with van der Waals surface area (Å²) in [5.41, 5.74) is 1.03. The van der Waals surface area contributed by atoms with Crippen LogP contribution in [0.1, 0.15) is 37.3 Å². The lowest BCUT2D eigenvalue weighted by Crippen LogP contribution is -2.42. The van der Waals surface area contributed by atoms with Crippen molar-refractivity contribution in [1.29, 1.82) is 0 Å². The average molecular weight is 338 g/mol. The molecule has 0 saturated carbocycles. The monoisotopic (exact) mass is 338 g/mol. The van der Waals surface area contributed by atoms with Gasteiger partial charge >= 0.3 is 0 Å². The highest BCUT2D eigenvalue weighted by Gasteiger charge is 2.29. The van der Waals surface area contributed by atoms with E-state index < -0.39 is 0 Å². The molecule has 0 radical (unpaired) electrons. The SMILES string of the molecule is O=C1C[C@H](C(=O)N[C@H]2CCCOc3c2ccc2ccccc32)CCN1. The lowest BCUT2D eigenvalue weighted by molar-refractivity contribution is -0.132. The first-order chi connectivity index (χ1) is 12.2. The number of carbonyl (C=O) groups is 2. The predicted molar refractivity (Wildman–Crippen MR) is 95.3 cm³/mol. The quantitative estimate of drug-likeness (QED) is 0.885. The molecule has 0 aliphatic carbocycles. The van der Waals surface area contributed by atoms with E-state index >= 15 is 0 Å². The van der Waals surface area contributed by atoms with Crippen LogP contribution in [0.5, 0.6) is 5.75 Å². The van der Waals surface area contributed by atoms with Gasteiger partial charge in [0.25, 0.3) is 0 Å². The molecule has 5 heteroatoms. The Balaban J connectivity index is 1.62. The average Bonchev–Trinajstić information content (AvgIpc) is 2.84. The second-order valence-corrected chi connectivity index (χ2v) is 6.80. The number of benzene rings is 2. The van der Waals surface area contributed by atoms with E-state index in [0.29, 0.717) is 19.6 Å². The van der Waals surface area contributed by atoms with Gasteiger partial charge in [-0.25, -0.2) is 0 Å². The maximum Gasteiger partial charge on any atom is 0.224 e. The van der Waals surface area contributed by atoms with Gasteiger partial charge in [0.2, 0.25) is 11.8 Å². The number of hydrogen-bond acceptors (Lipinski definition) is 3. The lowest BCUT2D eigenvalue weighted by Gasteiger charge is -2.25. The molecule has 1 saturated heterocycles. The highest BCUT2D eigenvalue weighted by Crippen LogP contribution is 2.37. The van der Waals surface area contributed by atoms with E-state index in [1.807, 2.05) is 12.1 Å². The summed E-state index contributed by atoms with van der Waals surface area (Å²) in [6.45, 7) is 1.23. The number of piperidine rings is 1. The fourth-order valence-corrected chi connectivity index (χ4v) is 3.76. The largest absolute Gasteiger partial charge is 0.493 e. The topological polar surface area (TPSA) is 67.4 Å². The van der Waals surface area contributed by atoms with Crippen molar-refractivity contribution >= 4 is 22.6 Å². The third kappa shape index (κ3) is 3.18. The van der Waals surface area contributed by atoms with E-state index in [4.69, 9.17) is 4.74 Å². The van der Waals surface area contributed by atoms with Gasteiger partial charge in [0.1, 0.15) is 5.75 Å². The lowest BCUT2D eigenvalue weighted by atomic mass is 9.94. The Morgan fingerprint density at radius 1 is 1.16 bits per heavy atom. The molecule has 2 N–H and O–H groups in total. The molecular formula is C20H22N2O3. The van der Waals surface area contributed by atoms with Crippen LogP contribution in [0.2, 0.25) is 0 Å². The third-order valence-electron chi connectivity index (χ3n) is 5.10.